The summed E-state index contributed by atoms with van der Waals surface area (Å²) >= 11 is 1.61. The molecule has 0 bridgehead atoms. The summed E-state index contributed by atoms with van der Waals surface area (Å²) in [5.74, 6) is -1.27. The van der Waals surface area contributed by atoms with E-state index in [0.717, 1.165) is 27.1 Å². The molecule has 1 aromatic heterocycles. The van der Waals surface area contributed by atoms with Crippen LogP contribution in [0.4, 0.5) is 0 Å². The van der Waals surface area contributed by atoms with Gasteiger partial charge in [0.05, 0.1) is 28.0 Å². The smallest absolute Gasteiger partial charge is 0.338 e. The minimum atomic E-state index is -0.911. The van der Waals surface area contributed by atoms with Gasteiger partial charge >= 0.3 is 11.9 Å². The van der Waals surface area contributed by atoms with E-state index >= 15 is 0 Å². The van der Waals surface area contributed by atoms with Gasteiger partial charge in [-0.25, -0.2) is 14.6 Å². The fraction of sp³-hybridized carbons (Fsp3) is 0.0833. The summed E-state index contributed by atoms with van der Waals surface area (Å²) in [6.45, 7) is 2.10. The molecule has 0 aliphatic heterocycles. The average Bonchev–Trinajstić information content (AvgIpc) is 3.24. The number of rotatable bonds is 5. The summed E-state index contributed by atoms with van der Waals surface area (Å²) < 4.78 is 5.91. The van der Waals surface area contributed by atoms with Gasteiger partial charge in [-0.3, -0.25) is 4.79 Å². The third-order valence-electron chi connectivity index (χ3n) is 4.23. The normalized spacial score (nSPS) is 10.1. The zero-order valence-electron chi connectivity index (χ0n) is 16.6. The molecule has 7 heteroatoms. The molecular weight excluding hydrogens is 414 g/mol. The Morgan fingerprint density at radius 3 is 2.19 bits per heavy atom. The molecule has 3 aromatic carbocycles. The summed E-state index contributed by atoms with van der Waals surface area (Å²) in [7, 11) is 0. The third kappa shape index (κ3) is 5.61. The molecule has 0 unspecified atom stereocenters. The number of fused-ring (bicyclic) bond motifs is 1. The molecule has 0 amide bonds. The largest absolute Gasteiger partial charge is 0.478 e. The van der Waals surface area contributed by atoms with Crippen LogP contribution in [-0.4, -0.2) is 34.9 Å². The number of thiazole rings is 1. The number of hydrogen-bond acceptors (Lipinski definition) is 6. The average molecular weight is 433 g/mol. The number of para-hydroxylation sites is 1. The topological polar surface area (TPSA) is 93.6 Å². The highest BCUT2D eigenvalue weighted by molar-refractivity contribution is 7.21. The first-order valence-corrected chi connectivity index (χ1v) is 10.2. The monoisotopic (exact) mass is 433 g/mol. The van der Waals surface area contributed by atoms with Gasteiger partial charge in [0.1, 0.15) is 11.3 Å². The second kappa shape index (κ2) is 10.3. The molecule has 1 heterocycles. The van der Waals surface area contributed by atoms with E-state index < -0.39 is 5.97 Å². The molecular formula is C24H19NO5S. The predicted octanol–water partition coefficient (Wildman–Crippen LogP) is 5.34. The maximum atomic E-state index is 11.1. The van der Waals surface area contributed by atoms with Crippen molar-refractivity contribution in [3.8, 4) is 10.6 Å². The van der Waals surface area contributed by atoms with Crippen LogP contribution in [0.3, 0.4) is 0 Å². The summed E-state index contributed by atoms with van der Waals surface area (Å²) in [6, 6.07) is 21.0. The Hall–Kier alpha value is -3.84. The number of hydrogen-bond donors (Lipinski definition) is 1. The van der Waals surface area contributed by atoms with E-state index in [-0.39, 0.29) is 5.97 Å². The van der Waals surface area contributed by atoms with Gasteiger partial charge < -0.3 is 9.84 Å². The Labute approximate surface area is 182 Å². The van der Waals surface area contributed by atoms with Crippen LogP contribution in [0.2, 0.25) is 0 Å². The third-order valence-corrected chi connectivity index (χ3v) is 5.32. The number of benzene rings is 3. The van der Waals surface area contributed by atoms with E-state index in [9.17, 15) is 14.4 Å². The zero-order valence-corrected chi connectivity index (χ0v) is 17.5. The first-order valence-electron chi connectivity index (χ1n) is 9.43. The lowest BCUT2D eigenvalue weighted by Gasteiger charge is -2.00. The summed E-state index contributed by atoms with van der Waals surface area (Å²) in [6.07, 6.45) is 0.731. The lowest BCUT2D eigenvalue weighted by molar-refractivity contribution is 0.0525. The Morgan fingerprint density at radius 1 is 0.968 bits per heavy atom. The molecule has 1 N–H and O–H groups in total. The number of carboxylic acids is 1. The molecule has 0 saturated carbocycles. The molecule has 156 valence electrons. The maximum Gasteiger partial charge on any atom is 0.338 e. The van der Waals surface area contributed by atoms with Crippen molar-refractivity contribution in [1.82, 2.24) is 4.98 Å². The van der Waals surface area contributed by atoms with Crippen LogP contribution in [0, 0.1) is 0 Å². The van der Waals surface area contributed by atoms with Gasteiger partial charge in [-0.15, -0.1) is 11.3 Å². The Bertz CT molecular complexity index is 1160. The van der Waals surface area contributed by atoms with Gasteiger partial charge in [-0.2, -0.15) is 0 Å². The molecule has 0 saturated heterocycles. The van der Waals surface area contributed by atoms with Gasteiger partial charge in [0.15, 0.2) is 0 Å². The minimum absolute atomic E-state index is 0.292. The molecule has 31 heavy (non-hydrogen) atoms. The fourth-order valence-corrected chi connectivity index (χ4v) is 3.63. The number of carbonyl (C=O) groups is 3. The van der Waals surface area contributed by atoms with Crippen LogP contribution < -0.4 is 0 Å². The lowest BCUT2D eigenvalue weighted by atomic mass is 10.1. The molecule has 4 aromatic rings. The second-order valence-electron chi connectivity index (χ2n) is 6.33. The number of ether oxygens (including phenoxy) is 1. The molecule has 0 atom stereocenters. The van der Waals surface area contributed by atoms with Crippen molar-refractivity contribution in [1.29, 1.82) is 0 Å². The van der Waals surface area contributed by atoms with Gasteiger partial charge in [0.2, 0.25) is 0 Å². The maximum absolute atomic E-state index is 11.1. The van der Waals surface area contributed by atoms with Crippen LogP contribution >= 0.6 is 11.3 Å². The van der Waals surface area contributed by atoms with E-state index in [1.807, 2.05) is 24.3 Å². The fourth-order valence-electron chi connectivity index (χ4n) is 2.66. The van der Waals surface area contributed by atoms with Gasteiger partial charge in [-0.1, -0.05) is 36.4 Å². The highest BCUT2D eigenvalue weighted by Crippen LogP contribution is 2.29. The van der Waals surface area contributed by atoms with E-state index in [1.165, 1.54) is 0 Å². The Morgan fingerprint density at radius 2 is 1.61 bits per heavy atom. The molecule has 0 radical (unpaired) electrons. The van der Waals surface area contributed by atoms with Crippen molar-refractivity contribution in [2.24, 2.45) is 0 Å². The van der Waals surface area contributed by atoms with E-state index in [0.29, 0.717) is 23.3 Å². The molecule has 4 rings (SSSR count). The van der Waals surface area contributed by atoms with E-state index in [4.69, 9.17) is 9.84 Å². The number of nitrogens with zero attached hydrogens (tertiary/aromatic N) is 1. The molecule has 0 aliphatic rings. The van der Waals surface area contributed by atoms with Crippen molar-refractivity contribution in [3.63, 3.8) is 0 Å². The number of aromatic carboxylic acids is 1. The van der Waals surface area contributed by atoms with Crippen molar-refractivity contribution in [2.75, 3.05) is 6.61 Å². The van der Waals surface area contributed by atoms with Crippen LogP contribution in [0.15, 0.2) is 72.8 Å². The predicted molar refractivity (Wildman–Crippen MR) is 120 cm³/mol. The molecule has 0 spiro atoms. The lowest BCUT2D eigenvalue weighted by Crippen LogP contribution is -2.04. The van der Waals surface area contributed by atoms with E-state index in [2.05, 4.69) is 4.98 Å². The van der Waals surface area contributed by atoms with Gasteiger partial charge in [0, 0.05) is 11.1 Å². The summed E-state index contributed by atoms with van der Waals surface area (Å²) in [5.41, 5.74) is 3.22. The SMILES string of the molecule is CCOC(=O)c1ccc(C=O)cc1.O=C(O)c1ccc(-c2nc3ccccc3s2)cc1. The first-order chi connectivity index (χ1) is 15.0. The highest BCUT2D eigenvalue weighted by Gasteiger charge is 2.07. The van der Waals surface area contributed by atoms with Gasteiger partial charge in [-0.05, 0) is 43.3 Å². The number of aldehydes is 1. The van der Waals surface area contributed by atoms with Crippen LogP contribution in [0.25, 0.3) is 20.8 Å². The Balaban J connectivity index is 0.000000187. The van der Waals surface area contributed by atoms with Crippen LogP contribution in [0.5, 0.6) is 0 Å². The van der Waals surface area contributed by atoms with Crippen molar-refractivity contribution >= 4 is 39.8 Å². The number of carbonyl (C=O) groups excluding carboxylic acids is 2. The van der Waals surface area contributed by atoms with Gasteiger partial charge in [0.25, 0.3) is 0 Å². The summed E-state index contributed by atoms with van der Waals surface area (Å²) in [4.78, 5) is 36.7. The van der Waals surface area contributed by atoms with Crippen molar-refractivity contribution < 1.29 is 24.2 Å². The molecule has 0 fully saturated rings. The minimum Gasteiger partial charge on any atom is -0.478 e. The van der Waals surface area contributed by atoms with Crippen LogP contribution in [0.1, 0.15) is 38.0 Å². The number of carboxylic acid groups (broad SMARTS) is 1. The standard InChI is InChI=1S/C14H9NO2S.C10H10O3/c16-14(17)10-7-5-9(6-8-10)13-15-11-3-1-2-4-12(11)18-13;1-2-13-10(12)9-5-3-8(7-11)4-6-9/h1-8H,(H,16,17);3-7H,2H2,1H3. The Kier molecular flexibility index (Phi) is 7.24. The zero-order chi connectivity index (χ0) is 22.2. The first kappa shape index (κ1) is 21.9. The molecule has 6 nitrogen and oxygen atoms in total. The quantitative estimate of drug-likeness (QED) is 0.337. The number of esters is 1. The summed E-state index contributed by atoms with van der Waals surface area (Å²) in [5, 5.41) is 9.76. The molecule has 0 aliphatic carbocycles. The number of aromatic nitrogens is 1. The second-order valence-corrected chi connectivity index (χ2v) is 7.36. The van der Waals surface area contributed by atoms with E-state index in [1.54, 1.807) is 66.8 Å². The highest BCUT2D eigenvalue weighted by atomic mass is 32.1. The van der Waals surface area contributed by atoms with Crippen LogP contribution in [-0.2, 0) is 4.74 Å². The van der Waals surface area contributed by atoms with Crippen molar-refractivity contribution in [3.05, 3.63) is 89.5 Å². The van der Waals surface area contributed by atoms with Crippen molar-refractivity contribution in [2.45, 2.75) is 6.92 Å².